The number of thioether (sulfide) groups is 1. The SMILES string of the molecule is CC(C)n1cc(Br)cc1C(=O)NCC1(C)CCCS1. The summed E-state index contributed by atoms with van der Waals surface area (Å²) in [5.41, 5.74) is 0.730. The minimum Gasteiger partial charge on any atom is -0.349 e. The number of nitrogens with one attached hydrogen (secondary N) is 1. The second-order valence-electron chi connectivity index (χ2n) is 5.63. The molecule has 0 radical (unpaired) electrons. The molecular weight excluding hydrogens is 324 g/mol. The van der Waals surface area contributed by atoms with E-state index in [1.807, 2.05) is 28.6 Å². The van der Waals surface area contributed by atoms with Gasteiger partial charge in [0.1, 0.15) is 5.69 Å². The lowest BCUT2D eigenvalue weighted by Crippen LogP contribution is -2.37. The van der Waals surface area contributed by atoms with Gasteiger partial charge in [-0.15, -0.1) is 0 Å². The van der Waals surface area contributed by atoms with Crippen LogP contribution in [0, 0.1) is 0 Å². The minimum atomic E-state index is 0.0214. The number of hydrogen-bond donors (Lipinski definition) is 1. The summed E-state index contributed by atoms with van der Waals surface area (Å²) in [4.78, 5) is 12.3. The number of nitrogens with zero attached hydrogens (tertiary/aromatic N) is 1. The topological polar surface area (TPSA) is 34.0 Å². The molecule has 0 bridgehead atoms. The van der Waals surface area contributed by atoms with Crippen LogP contribution in [0.3, 0.4) is 0 Å². The Morgan fingerprint density at radius 2 is 2.37 bits per heavy atom. The molecule has 2 rings (SSSR count). The lowest BCUT2D eigenvalue weighted by Gasteiger charge is -2.23. The Bertz CT molecular complexity index is 464. The number of rotatable bonds is 4. The lowest BCUT2D eigenvalue weighted by atomic mass is 10.1. The molecule has 19 heavy (non-hydrogen) atoms. The average Bonchev–Trinajstić information content (AvgIpc) is 2.93. The van der Waals surface area contributed by atoms with E-state index in [0.29, 0.717) is 0 Å². The van der Waals surface area contributed by atoms with E-state index < -0.39 is 0 Å². The van der Waals surface area contributed by atoms with Gasteiger partial charge in [-0.1, -0.05) is 0 Å². The van der Waals surface area contributed by atoms with Crippen LogP contribution in [0.15, 0.2) is 16.7 Å². The molecular formula is C14H21BrN2OS. The molecule has 1 saturated heterocycles. The van der Waals surface area contributed by atoms with E-state index in [2.05, 4.69) is 42.0 Å². The lowest BCUT2D eigenvalue weighted by molar-refractivity contribution is 0.0939. The maximum atomic E-state index is 12.3. The molecule has 1 fully saturated rings. The molecule has 0 spiro atoms. The summed E-state index contributed by atoms with van der Waals surface area (Å²) >= 11 is 5.41. The second kappa shape index (κ2) is 5.92. The average molecular weight is 345 g/mol. The van der Waals surface area contributed by atoms with Crippen LogP contribution in [0.25, 0.3) is 0 Å². The first-order chi connectivity index (χ1) is 8.91. The van der Waals surface area contributed by atoms with E-state index >= 15 is 0 Å². The zero-order chi connectivity index (χ0) is 14.0. The number of carbonyl (C=O) groups is 1. The largest absolute Gasteiger partial charge is 0.349 e. The van der Waals surface area contributed by atoms with Crippen LogP contribution in [-0.2, 0) is 0 Å². The van der Waals surface area contributed by atoms with Gasteiger partial charge in [-0.2, -0.15) is 11.8 Å². The predicted octanol–water partition coefficient (Wildman–Crippen LogP) is 3.85. The van der Waals surface area contributed by atoms with Crippen molar-refractivity contribution in [2.24, 2.45) is 0 Å². The van der Waals surface area contributed by atoms with E-state index in [1.165, 1.54) is 18.6 Å². The van der Waals surface area contributed by atoms with Gasteiger partial charge in [-0.05, 0) is 61.4 Å². The van der Waals surface area contributed by atoms with Crippen molar-refractivity contribution < 1.29 is 4.79 Å². The first kappa shape index (κ1) is 15.0. The minimum absolute atomic E-state index is 0.0214. The third kappa shape index (κ3) is 3.57. The molecule has 1 aliphatic rings. The first-order valence-electron chi connectivity index (χ1n) is 6.71. The third-order valence-electron chi connectivity index (χ3n) is 3.53. The van der Waals surface area contributed by atoms with Crippen LogP contribution < -0.4 is 5.32 Å². The molecule has 3 nitrogen and oxygen atoms in total. The highest BCUT2D eigenvalue weighted by Crippen LogP contribution is 2.37. The van der Waals surface area contributed by atoms with Crippen molar-refractivity contribution in [3.8, 4) is 0 Å². The summed E-state index contributed by atoms with van der Waals surface area (Å²) in [5.74, 6) is 1.23. The Labute approximate surface area is 127 Å². The quantitative estimate of drug-likeness (QED) is 0.899. The van der Waals surface area contributed by atoms with Crippen molar-refractivity contribution in [1.82, 2.24) is 9.88 Å². The molecule has 1 N–H and O–H groups in total. The monoisotopic (exact) mass is 344 g/mol. The van der Waals surface area contributed by atoms with Gasteiger partial charge in [0, 0.05) is 28.0 Å². The number of amides is 1. The summed E-state index contributed by atoms with van der Waals surface area (Å²) in [6, 6.07) is 2.17. The van der Waals surface area contributed by atoms with Crippen LogP contribution in [0.5, 0.6) is 0 Å². The van der Waals surface area contributed by atoms with E-state index in [1.54, 1.807) is 0 Å². The highest BCUT2D eigenvalue weighted by Gasteiger charge is 2.30. The Morgan fingerprint density at radius 1 is 1.63 bits per heavy atom. The Hall–Kier alpha value is -0.420. The maximum absolute atomic E-state index is 12.3. The fraction of sp³-hybridized carbons (Fsp3) is 0.643. The highest BCUT2D eigenvalue weighted by atomic mass is 79.9. The molecule has 106 valence electrons. The van der Waals surface area contributed by atoms with Crippen LogP contribution in [0.1, 0.15) is 50.1 Å². The van der Waals surface area contributed by atoms with Gasteiger partial charge in [0.2, 0.25) is 0 Å². The van der Waals surface area contributed by atoms with E-state index in [0.717, 1.165) is 16.7 Å². The second-order valence-corrected chi connectivity index (χ2v) is 8.23. The van der Waals surface area contributed by atoms with E-state index in [4.69, 9.17) is 0 Å². The molecule has 5 heteroatoms. The van der Waals surface area contributed by atoms with Gasteiger partial charge in [0.15, 0.2) is 0 Å². The van der Waals surface area contributed by atoms with Crippen LogP contribution in [0.4, 0.5) is 0 Å². The molecule has 1 aromatic rings. The van der Waals surface area contributed by atoms with Crippen LogP contribution in [-0.4, -0.2) is 27.5 Å². The summed E-state index contributed by atoms with van der Waals surface area (Å²) < 4.78 is 3.17. The van der Waals surface area contributed by atoms with E-state index in [9.17, 15) is 4.79 Å². The Kier molecular flexibility index (Phi) is 4.66. The van der Waals surface area contributed by atoms with Crippen molar-refractivity contribution in [3.05, 3.63) is 22.4 Å². The number of hydrogen-bond acceptors (Lipinski definition) is 2. The summed E-state index contributed by atoms with van der Waals surface area (Å²) in [6.45, 7) is 7.15. The maximum Gasteiger partial charge on any atom is 0.268 e. The highest BCUT2D eigenvalue weighted by molar-refractivity contribution is 9.10. The van der Waals surface area contributed by atoms with Gasteiger partial charge < -0.3 is 9.88 Å². The number of halogens is 1. The van der Waals surface area contributed by atoms with Gasteiger partial charge >= 0.3 is 0 Å². The molecule has 1 aliphatic heterocycles. The first-order valence-corrected chi connectivity index (χ1v) is 8.49. The van der Waals surface area contributed by atoms with Crippen molar-refractivity contribution in [1.29, 1.82) is 0 Å². The molecule has 0 aromatic carbocycles. The fourth-order valence-electron chi connectivity index (χ4n) is 2.39. The zero-order valence-electron chi connectivity index (χ0n) is 11.7. The van der Waals surface area contributed by atoms with Gasteiger partial charge in [-0.3, -0.25) is 4.79 Å². The normalized spacial score (nSPS) is 23.0. The molecule has 2 heterocycles. The molecule has 0 aliphatic carbocycles. The molecule has 1 atom stereocenters. The fourth-order valence-corrected chi connectivity index (χ4v) is 4.07. The van der Waals surface area contributed by atoms with Crippen molar-refractivity contribution in [2.45, 2.75) is 44.4 Å². The van der Waals surface area contributed by atoms with Crippen molar-refractivity contribution in [2.75, 3.05) is 12.3 Å². The van der Waals surface area contributed by atoms with Crippen LogP contribution >= 0.6 is 27.7 Å². The van der Waals surface area contributed by atoms with Crippen molar-refractivity contribution >= 4 is 33.6 Å². The Morgan fingerprint density at radius 3 is 2.95 bits per heavy atom. The molecule has 1 unspecified atom stereocenters. The van der Waals surface area contributed by atoms with Crippen LogP contribution in [0.2, 0.25) is 0 Å². The summed E-state index contributed by atoms with van der Waals surface area (Å²) in [6.07, 6.45) is 4.41. The summed E-state index contributed by atoms with van der Waals surface area (Å²) in [7, 11) is 0. The molecule has 1 amide bonds. The predicted molar refractivity (Wildman–Crippen MR) is 84.9 cm³/mol. The third-order valence-corrected chi connectivity index (χ3v) is 5.50. The van der Waals surface area contributed by atoms with Gasteiger partial charge in [-0.25, -0.2) is 0 Å². The molecule has 1 aromatic heterocycles. The summed E-state index contributed by atoms with van der Waals surface area (Å²) in [5, 5.41) is 3.09. The molecule has 0 saturated carbocycles. The van der Waals surface area contributed by atoms with Gasteiger partial charge in [0.25, 0.3) is 5.91 Å². The van der Waals surface area contributed by atoms with E-state index in [-0.39, 0.29) is 16.7 Å². The zero-order valence-corrected chi connectivity index (χ0v) is 14.1. The number of carbonyl (C=O) groups excluding carboxylic acids is 1. The smallest absolute Gasteiger partial charge is 0.268 e. The Balaban J connectivity index is 2.03. The van der Waals surface area contributed by atoms with Crippen molar-refractivity contribution in [3.63, 3.8) is 0 Å². The standard InChI is InChI=1S/C14H21BrN2OS/c1-10(2)17-8-11(15)7-12(17)13(18)16-9-14(3)5-4-6-19-14/h7-8,10H,4-6,9H2,1-3H3,(H,16,18). The number of aromatic nitrogens is 1. The van der Waals surface area contributed by atoms with Gasteiger partial charge in [0.05, 0.1) is 0 Å².